The van der Waals surface area contributed by atoms with Crippen LogP contribution in [0.3, 0.4) is 0 Å². The summed E-state index contributed by atoms with van der Waals surface area (Å²) in [4.78, 5) is 0. The number of rotatable bonds is 4. The number of hydrogen-bond acceptors (Lipinski definition) is 1. The molecule has 0 radical (unpaired) electrons. The van der Waals surface area contributed by atoms with Crippen LogP contribution in [0.25, 0.3) is 0 Å². The molecule has 1 aliphatic rings. The molecule has 0 amide bonds. The Labute approximate surface area is 100 Å². The van der Waals surface area contributed by atoms with Gasteiger partial charge in [-0.2, -0.15) is 0 Å². The Bertz CT molecular complexity index is 269. The average molecular weight is 222 g/mol. The number of allylic oxidation sites excluding steroid dienone is 3. The van der Waals surface area contributed by atoms with Crippen LogP contribution < -0.4 is 0 Å². The van der Waals surface area contributed by atoms with Gasteiger partial charge in [0.15, 0.2) is 0 Å². The Morgan fingerprint density at radius 3 is 2.75 bits per heavy atom. The molecule has 0 spiro atoms. The van der Waals surface area contributed by atoms with Crippen molar-refractivity contribution in [1.82, 2.24) is 0 Å². The average Bonchev–Trinajstić information content (AvgIpc) is 2.16. The minimum absolute atomic E-state index is 0.559. The minimum Gasteiger partial charge on any atom is -0.386 e. The van der Waals surface area contributed by atoms with Crippen LogP contribution in [0.1, 0.15) is 53.4 Å². The quantitative estimate of drug-likeness (QED) is 0.710. The van der Waals surface area contributed by atoms with Crippen molar-refractivity contribution in [3.63, 3.8) is 0 Å². The summed E-state index contributed by atoms with van der Waals surface area (Å²) >= 11 is 0. The first kappa shape index (κ1) is 13.5. The van der Waals surface area contributed by atoms with E-state index >= 15 is 0 Å². The van der Waals surface area contributed by atoms with Crippen LogP contribution >= 0.6 is 0 Å². The summed E-state index contributed by atoms with van der Waals surface area (Å²) < 4.78 is 0. The predicted molar refractivity (Wildman–Crippen MR) is 70.3 cm³/mol. The highest BCUT2D eigenvalue weighted by atomic mass is 16.3. The first-order valence-electron chi connectivity index (χ1n) is 6.46. The van der Waals surface area contributed by atoms with E-state index in [0.29, 0.717) is 5.92 Å². The largest absolute Gasteiger partial charge is 0.386 e. The highest BCUT2D eigenvalue weighted by Crippen LogP contribution is 2.31. The molecule has 0 heterocycles. The lowest BCUT2D eigenvalue weighted by molar-refractivity contribution is 0.0833. The molecule has 0 aliphatic heterocycles. The maximum atomic E-state index is 9.83. The summed E-state index contributed by atoms with van der Waals surface area (Å²) in [6.07, 6.45) is 11.0. The van der Waals surface area contributed by atoms with E-state index in [4.69, 9.17) is 0 Å². The summed E-state index contributed by atoms with van der Waals surface area (Å²) in [6.45, 7) is 8.53. The number of aliphatic hydroxyl groups is 1. The molecule has 1 N–H and O–H groups in total. The zero-order valence-corrected chi connectivity index (χ0v) is 11.2. The van der Waals surface area contributed by atoms with Crippen molar-refractivity contribution >= 4 is 0 Å². The van der Waals surface area contributed by atoms with Gasteiger partial charge in [-0.15, -0.1) is 0 Å². The third kappa shape index (κ3) is 4.52. The maximum Gasteiger partial charge on any atom is 0.0800 e. The van der Waals surface area contributed by atoms with Gasteiger partial charge >= 0.3 is 0 Å². The standard InChI is InChI=1S/C15H26O/c1-12(2)6-5-7-13(3)14-8-10-15(4,16)11-9-14/h6,8,10,13-14,16H,5,7,9,11H2,1-4H3/t13?,14?,15-/m0/s1. The van der Waals surface area contributed by atoms with Crippen LogP contribution in [-0.2, 0) is 0 Å². The summed E-state index contributed by atoms with van der Waals surface area (Å²) in [5.41, 5.74) is 0.852. The molecule has 0 aromatic carbocycles. The van der Waals surface area contributed by atoms with Gasteiger partial charge in [-0.25, -0.2) is 0 Å². The molecule has 0 aromatic heterocycles. The second-order valence-electron chi connectivity index (χ2n) is 5.75. The lowest BCUT2D eigenvalue weighted by Crippen LogP contribution is -2.27. The predicted octanol–water partition coefficient (Wildman–Crippen LogP) is 4.09. The van der Waals surface area contributed by atoms with E-state index in [-0.39, 0.29) is 0 Å². The van der Waals surface area contributed by atoms with Gasteiger partial charge in [-0.3, -0.25) is 0 Å². The van der Waals surface area contributed by atoms with Gasteiger partial charge in [0.1, 0.15) is 0 Å². The van der Waals surface area contributed by atoms with Gasteiger partial charge in [-0.1, -0.05) is 30.7 Å². The van der Waals surface area contributed by atoms with E-state index in [2.05, 4.69) is 32.9 Å². The van der Waals surface area contributed by atoms with Crippen LogP contribution in [-0.4, -0.2) is 10.7 Å². The zero-order chi connectivity index (χ0) is 12.2. The van der Waals surface area contributed by atoms with Crippen molar-refractivity contribution in [2.24, 2.45) is 11.8 Å². The SMILES string of the molecule is CC(C)=CCCC(C)C1C=C[C@](C)(O)CC1. The lowest BCUT2D eigenvalue weighted by Gasteiger charge is -2.30. The lowest BCUT2D eigenvalue weighted by atomic mass is 9.79. The van der Waals surface area contributed by atoms with Gasteiger partial charge < -0.3 is 5.11 Å². The topological polar surface area (TPSA) is 20.2 Å². The Hall–Kier alpha value is -0.560. The highest BCUT2D eigenvalue weighted by Gasteiger charge is 2.25. The first-order chi connectivity index (χ1) is 7.41. The molecule has 3 atom stereocenters. The molecule has 0 aromatic rings. The molecule has 1 heteroatoms. The summed E-state index contributed by atoms with van der Waals surface area (Å²) in [7, 11) is 0. The molecule has 0 fully saturated rings. The molecule has 1 rings (SSSR count). The van der Waals surface area contributed by atoms with Gasteiger partial charge in [0, 0.05) is 0 Å². The van der Waals surface area contributed by atoms with E-state index in [1.807, 2.05) is 13.0 Å². The van der Waals surface area contributed by atoms with Gasteiger partial charge in [0.25, 0.3) is 0 Å². The van der Waals surface area contributed by atoms with Crippen molar-refractivity contribution in [2.45, 2.75) is 59.0 Å². The van der Waals surface area contributed by atoms with Crippen LogP contribution in [0.15, 0.2) is 23.8 Å². The van der Waals surface area contributed by atoms with Crippen molar-refractivity contribution in [3.05, 3.63) is 23.8 Å². The normalized spacial score (nSPS) is 31.2. The third-order valence-corrected chi connectivity index (χ3v) is 3.59. The van der Waals surface area contributed by atoms with E-state index in [9.17, 15) is 5.11 Å². The number of hydrogen-bond donors (Lipinski definition) is 1. The molecular formula is C15H26O. The van der Waals surface area contributed by atoms with Crippen LogP contribution in [0.5, 0.6) is 0 Å². The van der Waals surface area contributed by atoms with Crippen molar-refractivity contribution in [1.29, 1.82) is 0 Å². The van der Waals surface area contributed by atoms with Gasteiger partial charge in [-0.05, 0) is 58.3 Å². The molecule has 0 saturated carbocycles. The van der Waals surface area contributed by atoms with Crippen molar-refractivity contribution in [3.8, 4) is 0 Å². The monoisotopic (exact) mass is 222 g/mol. The Morgan fingerprint density at radius 1 is 1.56 bits per heavy atom. The summed E-state index contributed by atoms with van der Waals surface area (Å²) in [5, 5.41) is 9.83. The van der Waals surface area contributed by atoms with Gasteiger partial charge in [0.05, 0.1) is 5.60 Å². The molecular weight excluding hydrogens is 196 g/mol. The summed E-state index contributed by atoms with van der Waals surface area (Å²) in [6, 6.07) is 0. The van der Waals surface area contributed by atoms with E-state index in [0.717, 1.165) is 18.8 Å². The molecule has 0 bridgehead atoms. The minimum atomic E-state index is -0.559. The molecule has 92 valence electrons. The molecule has 0 saturated heterocycles. The second kappa shape index (κ2) is 5.67. The molecule has 16 heavy (non-hydrogen) atoms. The van der Waals surface area contributed by atoms with Crippen LogP contribution in [0.2, 0.25) is 0 Å². The maximum absolute atomic E-state index is 9.83. The fourth-order valence-electron chi connectivity index (χ4n) is 2.29. The fraction of sp³-hybridized carbons (Fsp3) is 0.733. The molecule has 2 unspecified atom stereocenters. The van der Waals surface area contributed by atoms with Crippen molar-refractivity contribution in [2.75, 3.05) is 0 Å². The zero-order valence-electron chi connectivity index (χ0n) is 11.2. The van der Waals surface area contributed by atoms with Crippen molar-refractivity contribution < 1.29 is 5.11 Å². The molecule has 1 aliphatic carbocycles. The molecule has 1 nitrogen and oxygen atoms in total. The van der Waals surface area contributed by atoms with Gasteiger partial charge in [0.2, 0.25) is 0 Å². The second-order valence-corrected chi connectivity index (χ2v) is 5.75. The van der Waals surface area contributed by atoms with Crippen LogP contribution in [0.4, 0.5) is 0 Å². The third-order valence-electron chi connectivity index (χ3n) is 3.59. The summed E-state index contributed by atoms with van der Waals surface area (Å²) in [5.74, 6) is 1.38. The highest BCUT2D eigenvalue weighted by molar-refractivity contribution is 5.06. The van der Waals surface area contributed by atoms with Crippen LogP contribution in [0, 0.1) is 11.8 Å². The Morgan fingerprint density at radius 2 is 2.25 bits per heavy atom. The Balaban J connectivity index is 2.39. The fourth-order valence-corrected chi connectivity index (χ4v) is 2.29. The smallest absolute Gasteiger partial charge is 0.0800 e. The van der Waals surface area contributed by atoms with E-state index < -0.39 is 5.60 Å². The first-order valence-corrected chi connectivity index (χ1v) is 6.46. The van der Waals surface area contributed by atoms with E-state index in [1.54, 1.807) is 0 Å². The Kier molecular flexibility index (Phi) is 4.79. The van der Waals surface area contributed by atoms with E-state index in [1.165, 1.54) is 18.4 Å².